The zero-order valence-electron chi connectivity index (χ0n) is 11.6. The summed E-state index contributed by atoms with van der Waals surface area (Å²) in [6.07, 6.45) is 6.28. The maximum Gasteiger partial charge on any atom is 0.112 e. The normalized spacial score (nSPS) is 19.5. The van der Waals surface area contributed by atoms with Gasteiger partial charge in [0.2, 0.25) is 0 Å². The van der Waals surface area contributed by atoms with Crippen LogP contribution in [0.25, 0.3) is 11.0 Å². The number of pyridine rings is 2. The van der Waals surface area contributed by atoms with Gasteiger partial charge in [-0.25, -0.2) is 0 Å². The second kappa shape index (κ2) is 6.06. The summed E-state index contributed by atoms with van der Waals surface area (Å²) in [4.78, 5) is 11.4. The Morgan fingerprint density at radius 3 is 3.20 bits per heavy atom. The summed E-state index contributed by atoms with van der Waals surface area (Å²) in [6, 6.07) is 4.12. The van der Waals surface area contributed by atoms with Crippen molar-refractivity contribution in [2.24, 2.45) is 5.92 Å². The van der Waals surface area contributed by atoms with Crippen LogP contribution in [0.3, 0.4) is 0 Å². The smallest absolute Gasteiger partial charge is 0.112 e. The Labute approximate surface area is 127 Å². The molecule has 20 heavy (non-hydrogen) atoms. The van der Waals surface area contributed by atoms with Crippen LogP contribution in [0.1, 0.15) is 12.8 Å². The number of nitrogens with zero attached hydrogens (tertiary/aromatic N) is 3. The highest BCUT2D eigenvalue weighted by molar-refractivity contribution is 9.10. The minimum Gasteiger partial charge on any atom is -0.369 e. The Bertz CT molecular complexity index is 599. The molecule has 1 aliphatic rings. The molecule has 0 bridgehead atoms. The third-order valence-electron chi connectivity index (χ3n) is 3.88. The quantitative estimate of drug-likeness (QED) is 0.937. The van der Waals surface area contributed by atoms with Crippen molar-refractivity contribution in [3.63, 3.8) is 0 Å². The Kier molecular flexibility index (Phi) is 4.17. The molecule has 0 amide bonds. The highest BCUT2D eigenvalue weighted by Gasteiger charge is 2.21. The fourth-order valence-corrected chi connectivity index (χ4v) is 3.30. The van der Waals surface area contributed by atoms with Crippen molar-refractivity contribution in [1.82, 2.24) is 15.3 Å². The Morgan fingerprint density at radius 1 is 1.45 bits per heavy atom. The lowest BCUT2D eigenvalue weighted by molar-refractivity contribution is 0.403. The molecule has 1 aliphatic heterocycles. The Morgan fingerprint density at radius 2 is 2.35 bits per heavy atom. The standard InChI is InChI=1S/C15H19BrN4/c1-17-8-11-3-2-6-20(10-11)14-4-5-18-13-7-12(16)9-19-15(13)14/h4-5,7,9,11,17H,2-3,6,8,10H2,1H3. The van der Waals surface area contributed by atoms with E-state index < -0.39 is 0 Å². The molecule has 1 fully saturated rings. The monoisotopic (exact) mass is 334 g/mol. The first kappa shape index (κ1) is 13.8. The number of anilines is 1. The van der Waals surface area contributed by atoms with Gasteiger partial charge in [-0.15, -0.1) is 0 Å². The minimum atomic E-state index is 0.715. The summed E-state index contributed by atoms with van der Waals surface area (Å²) in [5.74, 6) is 0.715. The van der Waals surface area contributed by atoms with Crippen LogP contribution in [-0.2, 0) is 0 Å². The summed E-state index contributed by atoms with van der Waals surface area (Å²) >= 11 is 3.46. The number of aromatic nitrogens is 2. The highest BCUT2D eigenvalue weighted by atomic mass is 79.9. The SMILES string of the molecule is CNCC1CCCN(c2ccnc3cc(Br)cnc23)C1. The number of hydrogen-bond donors (Lipinski definition) is 1. The van der Waals surface area contributed by atoms with Crippen LogP contribution in [-0.4, -0.2) is 36.6 Å². The fraction of sp³-hybridized carbons (Fsp3) is 0.467. The molecular formula is C15H19BrN4. The van der Waals surface area contributed by atoms with E-state index in [0.29, 0.717) is 5.92 Å². The van der Waals surface area contributed by atoms with Gasteiger partial charge in [0.05, 0.1) is 11.2 Å². The van der Waals surface area contributed by atoms with Gasteiger partial charge in [0.15, 0.2) is 0 Å². The van der Waals surface area contributed by atoms with Gasteiger partial charge < -0.3 is 10.2 Å². The molecule has 2 aromatic rings. The third kappa shape index (κ3) is 2.79. The summed E-state index contributed by atoms with van der Waals surface area (Å²) in [5, 5.41) is 3.29. The van der Waals surface area contributed by atoms with Gasteiger partial charge in [0.25, 0.3) is 0 Å². The average molecular weight is 335 g/mol. The molecule has 0 aromatic carbocycles. The lowest BCUT2D eigenvalue weighted by Gasteiger charge is -2.34. The first-order chi connectivity index (χ1) is 9.78. The lowest BCUT2D eigenvalue weighted by atomic mass is 9.97. The van der Waals surface area contributed by atoms with Crippen molar-refractivity contribution in [2.45, 2.75) is 12.8 Å². The van der Waals surface area contributed by atoms with E-state index in [1.165, 1.54) is 18.5 Å². The van der Waals surface area contributed by atoms with E-state index in [-0.39, 0.29) is 0 Å². The van der Waals surface area contributed by atoms with Crippen molar-refractivity contribution >= 4 is 32.7 Å². The molecule has 1 unspecified atom stereocenters. The van der Waals surface area contributed by atoms with Crippen molar-refractivity contribution in [2.75, 3.05) is 31.6 Å². The van der Waals surface area contributed by atoms with Crippen LogP contribution in [0.5, 0.6) is 0 Å². The fourth-order valence-electron chi connectivity index (χ4n) is 2.99. The Hall–Kier alpha value is -1.20. The number of nitrogens with one attached hydrogen (secondary N) is 1. The largest absolute Gasteiger partial charge is 0.369 e. The molecule has 0 aliphatic carbocycles. The van der Waals surface area contributed by atoms with E-state index in [0.717, 1.165) is 35.1 Å². The zero-order valence-corrected chi connectivity index (χ0v) is 13.2. The zero-order chi connectivity index (χ0) is 13.9. The molecule has 0 radical (unpaired) electrons. The van der Waals surface area contributed by atoms with E-state index >= 15 is 0 Å². The average Bonchev–Trinajstić information content (AvgIpc) is 2.47. The van der Waals surface area contributed by atoms with Crippen LogP contribution in [0, 0.1) is 5.92 Å². The van der Waals surface area contributed by atoms with E-state index in [9.17, 15) is 0 Å². The van der Waals surface area contributed by atoms with Gasteiger partial charge in [0.1, 0.15) is 5.52 Å². The topological polar surface area (TPSA) is 41.0 Å². The maximum atomic E-state index is 4.56. The molecule has 3 rings (SSSR count). The van der Waals surface area contributed by atoms with Gasteiger partial charge in [-0.1, -0.05) is 0 Å². The van der Waals surface area contributed by atoms with E-state index in [1.807, 2.05) is 25.5 Å². The van der Waals surface area contributed by atoms with Crippen LogP contribution >= 0.6 is 15.9 Å². The molecule has 5 heteroatoms. The number of rotatable bonds is 3. The molecule has 4 nitrogen and oxygen atoms in total. The van der Waals surface area contributed by atoms with Gasteiger partial charge in [-0.05, 0) is 60.4 Å². The first-order valence-corrected chi connectivity index (χ1v) is 7.87. The van der Waals surface area contributed by atoms with Crippen molar-refractivity contribution in [1.29, 1.82) is 0 Å². The molecule has 106 valence electrons. The number of halogens is 1. The van der Waals surface area contributed by atoms with Crippen molar-refractivity contribution < 1.29 is 0 Å². The summed E-state index contributed by atoms with van der Waals surface area (Å²) < 4.78 is 0.973. The van der Waals surface area contributed by atoms with Crippen LogP contribution < -0.4 is 10.2 Å². The number of fused-ring (bicyclic) bond motifs is 1. The van der Waals surface area contributed by atoms with E-state index in [4.69, 9.17) is 0 Å². The highest BCUT2D eigenvalue weighted by Crippen LogP contribution is 2.28. The molecule has 1 saturated heterocycles. The van der Waals surface area contributed by atoms with Crippen LogP contribution in [0.4, 0.5) is 5.69 Å². The maximum absolute atomic E-state index is 4.56. The molecule has 0 saturated carbocycles. The molecule has 2 aromatic heterocycles. The van der Waals surface area contributed by atoms with Crippen LogP contribution in [0.15, 0.2) is 29.0 Å². The van der Waals surface area contributed by atoms with E-state index in [1.54, 1.807) is 0 Å². The molecule has 1 N–H and O–H groups in total. The Balaban J connectivity index is 1.93. The van der Waals surface area contributed by atoms with E-state index in [2.05, 4.69) is 42.2 Å². The second-order valence-corrected chi connectivity index (χ2v) is 6.28. The van der Waals surface area contributed by atoms with Crippen molar-refractivity contribution in [3.05, 3.63) is 29.0 Å². The molecule has 3 heterocycles. The molecule has 1 atom stereocenters. The summed E-state index contributed by atoms with van der Waals surface area (Å²) in [6.45, 7) is 3.28. The predicted octanol–water partition coefficient (Wildman–Crippen LogP) is 2.83. The second-order valence-electron chi connectivity index (χ2n) is 5.36. The number of hydrogen-bond acceptors (Lipinski definition) is 4. The third-order valence-corrected chi connectivity index (χ3v) is 4.31. The summed E-state index contributed by atoms with van der Waals surface area (Å²) in [7, 11) is 2.03. The minimum absolute atomic E-state index is 0.715. The van der Waals surface area contributed by atoms with Gasteiger partial charge in [-0.2, -0.15) is 0 Å². The van der Waals surface area contributed by atoms with Gasteiger partial charge >= 0.3 is 0 Å². The summed E-state index contributed by atoms with van der Waals surface area (Å²) in [5.41, 5.74) is 3.16. The molecule has 0 spiro atoms. The van der Waals surface area contributed by atoms with Gasteiger partial charge in [0, 0.05) is 30.0 Å². The lowest BCUT2D eigenvalue weighted by Crippen LogP contribution is -2.39. The first-order valence-electron chi connectivity index (χ1n) is 7.07. The van der Waals surface area contributed by atoms with Crippen LogP contribution in [0.2, 0.25) is 0 Å². The predicted molar refractivity (Wildman–Crippen MR) is 86.1 cm³/mol. The number of piperidine rings is 1. The van der Waals surface area contributed by atoms with Gasteiger partial charge in [-0.3, -0.25) is 9.97 Å². The molecular weight excluding hydrogens is 316 g/mol. The van der Waals surface area contributed by atoms with Crippen molar-refractivity contribution in [3.8, 4) is 0 Å².